The molecule has 0 radical (unpaired) electrons. The highest BCUT2D eigenvalue weighted by molar-refractivity contribution is 6.00. The van der Waals surface area contributed by atoms with Crippen molar-refractivity contribution >= 4 is 11.6 Å². The summed E-state index contributed by atoms with van der Waals surface area (Å²) in [5, 5.41) is 3.05. The average Bonchev–Trinajstić information content (AvgIpc) is 2.99. The molecule has 2 nitrogen and oxygen atoms in total. The normalized spacial score (nSPS) is 20.3. The lowest BCUT2D eigenvalue weighted by Gasteiger charge is -2.23. The lowest BCUT2D eigenvalue weighted by molar-refractivity contribution is -0.115. The van der Waals surface area contributed by atoms with Gasteiger partial charge in [0.25, 0.3) is 0 Å². The molecule has 1 heterocycles. The van der Waals surface area contributed by atoms with E-state index >= 15 is 0 Å². The van der Waals surface area contributed by atoms with Crippen LogP contribution in [0.2, 0.25) is 0 Å². The number of rotatable bonds is 3. The van der Waals surface area contributed by atoms with Crippen molar-refractivity contribution in [3.05, 3.63) is 29.3 Å². The molecule has 0 aromatic heterocycles. The molecular formula is C15H19NO. The monoisotopic (exact) mass is 229 g/mol. The highest BCUT2D eigenvalue weighted by Crippen LogP contribution is 2.49. The molecule has 1 saturated carbocycles. The van der Waals surface area contributed by atoms with E-state index in [0.29, 0.717) is 18.3 Å². The molecule has 2 heteroatoms. The zero-order valence-corrected chi connectivity index (χ0v) is 10.5. The van der Waals surface area contributed by atoms with Crippen LogP contribution in [0, 0.1) is 11.8 Å². The minimum atomic E-state index is 0.144. The Kier molecular flexibility index (Phi) is 2.46. The number of fused-ring (bicyclic) bond motifs is 1. The van der Waals surface area contributed by atoms with E-state index in [2.05, 4.69) is 37.4 Å². The topological polar surface area (TPSA) is 29.1 Å². The zero-order chi connectivity index (χ0) is 12.0. The molecule has 1 fully saturated rings. The number of carbonyl (C=O) groups excluding carboxylic acids is 1. The molecule has 17 heavy (non-hydrogen) atoms. The van der Waals surface area contributed by atoms with Crippen LogP contribution in [-0.4, -0.2) is 5.91 Å². The van der Waals surface area contributed by atoms with Crippen LogP contribution < -0.4 is 5.32 Å². The van der Waals surface area contributed by atoms with Crippen molar-refractivity contribution in [1.29, 1.82) is 0 Å². The van der Waals surface area contributed by atoms with Gasteiger partial charge in [0.05, 0.1) is 6.42 Å². The fraction of sp³-hybridized carbons (Fsp3) is 0.533. The molecule has 1 aliphatic heterocycles. The Morgan fingerprint density at radius 3 is 2.71 bits per heavy atom. The summed E-state index contributed by atoms with van der Waals surface area (Å²) >= 11 is 0. The second kappa shape index (κ2) is 3.86. The maximum absolute atomic E-state index is 11.5. The number of para-hydroxylation sites is 1. The number of anilines is 1. The molecule has 1 aliphatic carbocycles. The summed E-state index contributed by atoms with van der Waals surface area (Å²) in [6.45, 7) is 4.58. The fourth-order valence-corrected chi connectivity index (χ4v) is 3.17. The van der Waals surface area contributed by atoms with Crippen LogP contribution in [0.15, 0.2) is 18.2 Å². The van der Waals surface area contributed by atoms with E-state index in [1.54, 1.807) is 0 Å². The van der Waals surface area contributed by atoms with Crippen molar-refractivity contribution in [2.75, 3.05) is 5.32 Å². The average molecular weight is 229 g/mol. The lowest BCUT2D eigenvalue weighted by Crippen LogP contribution is -2.12. The Labute approximate surface area is 102 Å². The summed E-state index contributed by atoms with van der Waals surface area (Å²) in [5.41, 5.74) is 3.66. The van der Waals surface area contributed by atoms with Crippen LogP contribution >= 0.6 is 0 Å². The third-order valence-electron chi connectivity index (χ3n) is 4.01. The summed E-state index contributed by atoms with van der Waals surface area (Å²) in [4.78, 5) is 11.5. The van der Waals surface area contributed by atoms with Crippen molar-refractivity contribution in [3.63, 3.8) is 0 Å². The van der Waals surface area contributed by atoms with Gasteiger partial charge in [-0.15, -0.1) is 0 Å². The smallest absolute Gasteiger partial charge is 0.228 e. The minimum Gasteiger partial charge on any atom is -0.325 e. The number of amides is 1. The third kappa shape index (κ3) is 1.86. The van der Waals surface area contributed by atoms with E-state index < -0.39 is 0 Å². The molecule has 1 atom stereocenters. The molecule has 3 rings (SSSR count). The van der Waals surface area contributed by atoms with Crippen LogP contribution in [0.3, 0.4) is 0 Å². The summed E-state index contributed by atoms with van der Waals surface area (Å²) < 4.78 is 0. The van der Waals surface area contributed by atoms with E-state index in [1.165, 1.54) is 24.0 Å². The maximum Gasteiger partial charge on any atom is 0.228 e. The first kappa shape index (κ1) is 10.8. The first-order valence-electron chi connectivity index (χ1n) is 6.58. The van der Waals surface area contributed by atoms with E-state index in [-0.39, 0.29) is 5.91 Å². The lowest BCUT2D eigenvalue weighted by atomic mass is 9.83. The molecule has 2 aliphatic rings. The number of hydrogen-bond acceptors (Lipinski definition) is 1. The van der Waals surface area contributed by atoms with E-state index in [1.807, 2.05) is 0 Å². The molecule has 1 N–H and O–H groups in total. The first-order chi connectivity index (χ1) is 8.16. The quantitative estimate of drug-likeness (QED) is 0.846. The van der Waals surface area contributed by atoms with Gasteiger partial charge in [-0.3, -0.25) is 4.79 Å². The van der Waals surface area contributed by atoms with Crippen LogP contribution in [0.1, 0.15) is 43.7 Å². The summed E-state index contributed by atoms with van der Waals surface area (Å²) in [6.07, 6.45) is 3.25. The zero-order valence-electron chi connectivity index (χ0n) is 10.5. The van der Waals surface area contributed by atoms with Crippen molar-refractivity contribution in [1.82, 2.24) is 0 Å². The number of carbonyl (C=O) groups is 1. The summed E-state index contributed by atoms with van der Waals surface area (Å²) in [7, 11) is 0. The Morgan fingerprint density at radius 1 is 1.29 bits per heavy atom. The van der Waals surface area contributed by atoms with Gasteiger partial charge in [-0.25, -0.2) is 0 Å². The van der Waals surface area contributed by atoms with Crippen LogP contribution in [0.4, 0.5) is 5.69 Å². The second-order valence-corrected chi connectivity index (χ2v) is 5.71. The van der Waals surface area contributed by atoms with Gasteiger partial charge < -0.3 is 5.32 Å². The minimum absolute atomic E-state index is 0.144. The van der Waals surface area contributed by atoms with Gasteiger partial charge in [0.1, 0.15) is 0 Å². The molecule has 0 bridgehead atoms. The van der Waals surface area contributed by atoms with Gasteiger partial charge in [-0.05, 0) is 41.7 Å². The Balaban J connectivity index is 2.02. The van der Waals surface area contributed by atoms with E-state index in [0.717, 1.165) is 11.6 Å². The van der Waals surface area contributed by atoms with Gasteiger partial charge >= 0.3 is 0 Å². The number of benzene rings is 1. The number of hydrogen-bond donors (Lipinski definition) is 1. The standard InChI is InChI=1S/C15H19NO/c1-9(2)14(10-6-7-10)12-5-3-4-11-8-13(17)16-15(11)12/h3-5,9-10,14H,6-8H2,1-2H3,(H,16,17). The molecule has 90 valence electrons. The van der Waals surface area contributed by atoms with Crippen LogP contribution in [-0.2, 0) is 11.2 Å². The van der Waals surface area contributed by atoms with Crippen molar-refractivity contribution in [2.45, 2.75) is 39.0 Å². The first-order valence-corrected chi connectivity index (χ1v) is 6.58. The Morgan fingerprint density at radius 2 is 2.06 bits per heavy atom. The van der Waals surface area contributed by atoms with Crippen molar-refractivity contribution < 1.29 is 4.79 Å². The van der Waals surface area contributed by atoms with Gasteiger partial charge in [-0.2, -0.15) is 0 Å². The van der Waals surface area contributed by atoms with Crippen molar-refractivity contribution in [2.24, 2.45) is 11.8 Å². The predicted molar refractivity (Wildman–Crippen MR) is 69.1 cm³/mol. The Hall–Kier alpha value is -1.31. The molecular weight excluding hydrogens is 210 g/mol. The van der Waals surface area contributed by atoms with Gasteiger partial charge in [0.15, 0.2) is 0 Å². The molecule has 1 aromatic carbocycles. The van der Waals surface area contributed by atoms with Crippen LogP contribution in [0.5, 0.6) is 0 Å². The maximum atomic E-state index is 11.5. The second-order valence-electron chi connectivity index (χ2n) is 5.71. The highest BCUT2D eigenvalue weighted by atomic mass is 16.1. The molecule has 0 saturated heterocycles. The van der Waals surface area contributed by atoms with Gasteiger partial charge in [-0.1, -0.05) is 32.0 Å². The van der Waals surface area contributed by atoms with E-state index in [4.69, 9.17) is 0 Å². The largest absolute Gasteiger partial charge is 0.325 e. The van der Waals surface area contributed by atoms with E-state index in [9.17, 15) is 4.79 Å². The summed E-state index contributed by atoms with van der Waals surface area (Å²) in [5.74, 6) is 2.24. The van der Waals surface area contributed by atoms with Crippen LogP contribution in [0.25, 0.3) is 0 Å². The highest BCUT2D eigenvalue weighted by Gasteiger charge is 2.36. The molecule has 1 unspecified atom stereocenters. The van der Waals surface area contributed by atoms with Crippen molar-refractivity contribution in [3.8, 4) is 0 Å². The molecule has 1 aromatic rings. The summed E-state index contributed by atoms with van der Waals surface area (Å²) in [6, 6.07) is 6.38. The molecule has 0 spiro atoms. The SMILES string of the molecule is CC(C)C(c1cccc2c1NC(=O)C2)C1CC1. The Bertz CT molecular complexity index is 458. The third-order valence-corrected chi connectivity index (χ3v) is 4.01. The predicted octanol–water partition coefficient (Wildman–Crippen LogP) is 3.33. The molecule has 1 amide bonds. The fourth-order valence-electron chi connectivity index (χ4n) is 3.17. The van der Waals surface area contributed by atoms with Gasteiger partial charge in [0, 0.05) is 5.69 Å². The van der Waals surface area contributed by atoms with Gasteiger partial charge in [0.2, 0.25) is 5.91 Å². The number of nitrogens with one attached hydrogen (secondary N) is 1.